The number of alkyl halides is 3. The summed E-state index contributed by atoms with van der Waals surface area (Å²) in [5, 5.41) is 12.8. The molecule has 0 aliphatic carbocycles. The van der Waals surface area contributed by atoms with Crippen LogP contribution in [0.2, 0.25) is 0 Å². The van der Waals surface area contributed by atoms with E-state index in [1.807, 2.05) is 54.6 Å². The zero-order chi connectivity index (χ0) is 26.7. The largest absolute Gasteiger partial charge is 0.488 e. The van der Waals surface area contributed by atoms with Crippen LogP contribution < -0.4 is 4.74 Å². The highest BCUT2D eigenvalue weighted by molar-refractivity contribution is 5.89. The van der Waals surface area contributed by atoms with Crippen molar-refractivity contribution in [2.24, 2.45) is 0 Å². The molecule has 5 aromatic rings. The molecule has 0 fully saturated rings. The molecule has 10 heteroatoms. The molecule has 0 unspecified atom stereocenters. The van der Waals surface area contributed by atoms with Crippen LogP contribution in [-0.4, -0.2) is 30.8 Å². The number of rotatable bonds is 7. The molecular formula is C28H19F3N4O3. The summed E-state index contributed by atoms with van der Waals surface area (Å²) in [5.74, 6) is -1.72. The summed E-state index contributed by atoms with van der Waals surface area (Å²) in [5.41, 5.74) is 1.35. The number of carboxylic acid groups (broad SMARTS) is 1. The molecule has 0 spiro atoms. The smallest absolute Gasteiger partial charge is 0.434 e. The Hall–Kier alpha value is -4.99. The standard InChI is InChI=1S/C28H19F3N4O3/c29-28(30,31)25-22(26(36)37)16-33-35(25)27-32-15-14-23(34-27)21-12-6-7-13-24(21)38-17-19-10-4-5-11-20(19)18-8-2-1-3-9-18/h1-16H,17H2,(H,36,37). The number of nitrogens with zero attached hydrogens (tertiary/aromatic N) is 4. The summed E-state index contributed by atoms with van der Waals surface area (Å²) in [6.45, 7) is 0.235. The van der Waals surface area contributed by atoms with Crippen LogP contribution in [0.3, 0.4) is 0 Å². The molecule has 0 aliphatic rings. The minimum absolute atomic E-state index is 0.235. The summed E-state index contributed by atoms with van der Waals surface area (Å²) in [6.07, 6.45) is -3.08. The van der Waals surface area contributed by atoms with E-state index in [2.05, 4.69) is 15.1 Å². The zero-order valence-electron chi connectivity index (χ0n) is 19.6. The third kappa shape index (κ3) is 4.96. The van der Waals surface area contributed by atoms with Gasteiger partial charge in [0, 0.05) is 11.8 Å². The fourth-order valence-electron chi connectivity index (χ4n) is 4.03. The Morgan fingerprint density at radius 1 is 0.895 bits per heavy atom. The van der Waals surface area contributed by atoms with Gasteiger partial charge in [-0.15, -0.1) is 0 Å². The SMILES string of the molecule is O=C(O)c1cnn(-c2nccc(-c3ccccc3OCc3ccccc3-c3ccccc3)n2)c1C(F)(F)F. The molecule has 1 N–H and O–H groups in total. The van der Waals surface area contributed by atoms with E-state index in [1.54, 1.807) is 24.3 Å². The number of halogens is 3. The van der Waals surface area contributed by atoms with Crippen LogP contribution in [0.1, 0.15) is 21.6 Å². The molecule has 2 aromatic heterocycles. The summed E-state index contributed by atoms with van der Waals surface area (Å²) in [7, 11) is 0. The normalized spacial score (nSPS) is 11.3. The van der Waals surface area contributed by atoms with Gasteiger partial charge in [0.15, 0.2) is 5.69 Å². The van der Waals surface area contributed by atoms with Gasteiger partial charge in [-0.25, -0.2) is 14.8 Å². The van der Waals surface area contributed by atoms with Crippen LogP contribution in [0.25, 0.3) is 28.3 Å². The Labute approximate surface area is 214 Å². The van der Waals surface area contributed by atoms with Gasteiger partial charge in [0.1, 0.15) is 17.9 Å². The molecule has 0 bridgehead atoms. The molecule has 0 radical (unpaired) electrons. The number of carbonyl (C=O) groups is 1. The topological polar surface area (TPSA) is 90.1 Å². The van der Waals surface area contributed by atoms with Gasteiger partial charge in [0.05, 0.1) is 11.9 Å². The minimum atomic E-state index is -4.99. The number of hydrogen-bond acceptors (Lipinski definition) is 5. The van der Waals surface area contributed by atoms with Gasteiger partial charge in [-0.3, -0.25) is 0 Å². The number of para-hydroxylation sites is 1. The number of benzene rings is 3. The first-order chi connectivity index (χ1) is 18.3. The molecule has 5 rings (SSSR count). The summed E-state index contributed by atoms with van der Waals surface area (Å²) in [4.78, 5) is 19.5. The average Bonchev–Trinajstić information content (AvgIpc) is 3.40. The highest BCUT2D eigenvalue weighted by Crippen LogP contribution is 2.34. The van der Waals surface area contributed by atoms with Gasteiger partial charge < -0.3 is 9.84 Å². The van der Waals surface area contributed by atoms with Crippen LogP contribution in [0.4, 0.5) is 13.2 Å². The molecule has 3 aromatic carbocycles. The van der Waals surface area contributed by atoms with Crippen molar-refractivity contribution in [2.45, 2.75) is 12.8 Å². The van der Waals surface area contributed by atoms with E-state index >= 15 is 0 Å². The average molecular weight is 516 g/mol. The number of carboxylic acids is 1. The van der Waals surface area contributed by atoms with E-state index in [-0.39, 0.29) is 12.3 Å². The van der Waals surface area contributed by atoms with Crippen molar-refractivity contribution in [3.63, 3.8) is 0 Å². The Morgan fingerprint density at radius 2 is 1.58 bits per heavy atom. The Bertz CT molecular complexity index is 1600. The van der Waals surface area contributed by atoms with Gasteiger partial charge in [0.2, 0.25) is 0 Å². The second-order valence-corrected chi connectivity index (χ2v) is 8.17. The van der Waals surface area contributed by atoms with Gasteiger partial charge >= 0.3 is 12.1 Å². The van der Waals surface area contributed by atoms with Crippen molar-refractivity contribution in [1.29, 1.82) is 0 Å². The maximum Gasteiger partial charge on any atom is 0.434 e. The van der Waals surface area contributed by atoms with Crippen LogP contribution in [-0.2, 0) is 12.8 Å². The predicted molar refractivity (Wildman–Crippen MR) is 133 cm³/mol. The summed E-state index contributed by atoms with van der Waals surface area (Å²) >= 11 is 0. The van der Waals surface area contributed by atoms with Gasteiger partial charge in [-0.1, -0.05) is 66.7 Å². The third-order valence-electron chi connectivity index (χ3n) is 5.75. The van der Waals surface area contributed by atoms with Crippen molar-refractivity contribution in [3.8, 4) is 34.1 Å². The molecule has 190 valence electrons. The van der Waals surface area contributed by atoms with E-state index < -0.39 is 29.4 Å². The lowest BCUT2D eigenvalue weighted by molar-refractivity contribution is -0.143. The van der Waals surface area contributed by atoms with Crippen LogP contribution in [0.15, 0.2) is 97.3 Å². The number of aromatic carboxylic acids is 1. The Balaban J connectivity index is 1.48. The monoisotopic (exact) mass is 516 g/mol. The molecule has 2 heterocycles. The highest BCUT2D eigenvalue weighted by Gasteiger charge is 2.41. The fourth-order valence-corrected chi connectivity index (χ4v) is 4.03. The van der Waals surface area contributed by atoms with E-state index in [0.717, 1.165) is 16.7 Å². The van der Waals surface area contributed by atoms with E-state index in [0.29, 0.717) is 22.2 Å². The molecule has 0 atom stereocenters. The first-order valence-corrected chi connectivity index (χ1v) is 11.4. The van der Waals surface area contributed by atoms with Gasteiger partial charge in [-0.2, -0.15) is 23.0 Å². The lowest BCUT2D eigenvalue weighted by Gasteiger charge is -2.15. The second-order valence-electron chi connectivity index (χ2n) is 8.17. The van der Waals surface area contributed by atoms with Crippen LogP contribution in [0, 0.1) is 0 Å². The summed E-state index contributed by atoms with van der Waals surface area (Å²) in [6, 6.07) is 26.2. The highest BCUT2D eigenvalue weighted by atomic mass is 19.4. The molecular weight excluding hydrogens is 497 g/mol. The van der Waals surface area contributed by atoms with Crippen molar-refractivity contribution < 1.29 is 27.8 Å². The number of hydrogen-bond donors (Lipinski definition) is 1. The van der Waals surface area contributed by atoms with Crippen molar-refractivity contribution in [1.82, 2.24) is 19.7 Å². The van der Waals surface area contributed by atoms with E-state index in [9.17, 15) is 23.1 Å². The molecule has 0 amide bonds. The lowest BCUT2D eigenvalue weighted by atomic mass is 10.0. The summed E-state index contributed by atoms with van der Waals surface area (Å²) < 4.78 is 47.6. The van der Waals surface area contributed by atoms with E-state index in [1.165, 1.54) is 12.3 Å². The zero-order valence-corrected chi connectivity index (χ0v) is 19.6. The first-order valence-electron chi connectivity index (χ1n) is 11.4. The maximum absolute atomic E-state index is 13.7. The maximum atomic E-state index is 13.7. The van der Waals surface area contributed by atoms with Crippen LogP contribution in [0.5, 0.6) is 5.75 Å². The molecule has 38 heavy (non-hydrogen) atoms. The quantitative estimate of drug-likeness (QED) is 0.273. The number of ether oxygens (including phenoxy) is 1. The van der Waals surface area contributed by atoms with Crippen molar-refractivity contribution >= 4 is 5.97 Å². The second kappa shape index (κ2) is 10.2. The molecule has 0 saturated carbocycles. The predicted octanol–water partition coefficient (Wildman–Crippen LogP) is 6.29. The fraction of sp³-hybridized carbons (Fsp3) is 0.0714. The molecule has 0 aliphatic heterocycles. The Morgan fingerprint density at radius 3 is 2.32 bits per heavy atom. The minimum Gasteiger partial charge on any atom is -0.488 e. The van der Waals surface area contributed by atoms with Crippen molar-refractivity contribution in [2.75, 3.05) is 0 Å². The number of aromatic nitrogens is 4. The van der Waals surface area contributed by atoms with Crippen molar-refractivity contribution in [3.05, 3.63) is 114 Å². The van der Waals surface area contributed by atoms with Gasteiger partial charge in [-0.05, 0) is 34.9 Å². The third-order valence-corrected chi connectivity index (χ3v) is 5.75. The lowest BCUT2D eigenvalue weighted by Crippen LogP contribution is -2.18. The molecule has 0 saturated heterocycles. The van der Waals surface area contributed by atoms with Gasteiger partial charge in [0.25, 0.3) is 5.95 Å². The first kappa shape index (κ1) is 24.7. The molecule has 7 nitrogen and oxygen atoms in total. The van der Waals surface area contributed by atoms with Crippen LogP contribution >= 0.6 is 0 Å². The Kier molecular flexibility index (Phi) is 6.61. The van der Waals surface area contributed by atoms with E-state index in [4.69, 9.17) is 4.74 Å².